The van der Waals surface area contributed by atoms with E-state index >= 15 is 0 Å². The van der Waals surface area contributed by atoms with Gasteiger partial charge < -0.3 is 14.9 Å². The van der Waals surface area contributed by atoms with E-state index in [2.05, 4.69) is 0 Å². The first kappa shape index (κ1) is 20.4. The van der Waals surface area contributed by atoms with Crippen LogP contribution in [-0.2, 0) is 9.59 Å². The summed E-state index contributed by atoms with van der Waals surface area (Å²) in [7, 11) is 3.78. The highest BCUT2D eigenvalue weighted by Gasteiger charge is 2.45. The van der Waals surface area contributed by atoms with E-state index in [1.54, 1.807) is 48.5 Å². The standard InChI is InChI=1S/C21H20Cl2N2O3/c1-24(2)11-12-25-18(13-3-7-15(22)8-4-13)17(20(27)21(25)28)19(26)14-5-9-16(23)10-6-14/h3-10,18,26H,11-12H2,1-2H3/t18-/m0/s1. The number of carbonyl (C=O) groups is 2. The molecule has 7 heteroatoms. The van der Waals surface area contributed by atoms with Crippen molar-refractivity contribution in [1.29, 1.82) is 0 Å². The smallest absolute Gasteiger partial charge is 0.295 e. The molecule has 1 fully saturated rings. The van der Waals surface area contributed by atoms with E-state index in [-0.39, 0.29) is 11.3 Å². The fraction of sp³-hybridized carbons (Fsp3) is 0.238. The number of Topliss-reactive ketones (excluding diaryl/α,β-unsaturated/α-hetero) is 1. The second-order valence-electron chi connectivity index (χ2n) is 6.85. The highest BCUT2D eigenvalue weighted by molar-refractivity contribution is 6.46. The first-order valence-corrected chi connectivity index (χ1v) is 9.49. The van der Waals surface area contributed by atoms with E-state index in [9.17, 15) is 14.7 Å². The predicted octanol–water partition coefficient (Wildman–Crippen LogP) is 3.98. The highest BCUT2D eigenvalue weighted by Crippen LogP contribution is 2.39. The third kappa shape index (κ3) is 4.07. The van der Waals surface area contributed by atoms with Crippen molar-refractivity contribution in [3.63, 3.8) is 0 Å². The van der Waals surface area contributed by atoms with Crippen LogP contribution in [0.2, 0.25) is 10.0 Å². The van der Waals surface area contributed by atoms with Crippen molar-refractivity contribution < 1.29 is 14.7 Å². The van der Waals surface area contributed by atoms with E-state index in [1.807, 2.05) is 19.0 Å². The van der Waals surface area contributed by atoms with Gasteiger partial charge in [-0.25, -0.2) is 0 Å². The third-order valence-corrected chi connectivity index (χ3v) is 5.14. The fourth-order valence-electron chi connectivity index (χ4n) is 3.17. The van der Waals surface area contributed by atoms with Crippen LogP contribution in [0.3, 0.4) is 0 Å². The van der Waals surface area contributed by atoms with Crippen LogP contribution in [0.4, 0.5) is 0 Å². The third-order valence-electron chi connectivity index (χ3n) is 4.63. The lowest BCUT2D eigenvalue weighted by molar-refractivity contribution is -0.140. The minimum Gasteiger partial charge on any atom is -0.507 e. The van der Waals surface area contributed by atoms with Gasteiger partial charge in [-0.2, -0.15) is 0 Å². The number of nitrogens with zero attached hydrogens (tertiary/aromatic N) is 2. The number of aliphatic hydroxyl groups excluding tert-OH is 1. The summed E-state index contributed by atoms with van der Waals surface area (Å²) < 4.78 is 0. The molecule has 2 aromatic carbocycles. The molecular formula is C21H20Cl2N2O3. The van der Waals surface area contributed by atoms with Crippen molar-refractivity contribution in [1.82, 2.24) is 9.80 Å². The Kier molecular flexibility index (Phi) is 6.08. The molecule has 0 spiro atoms. The number of benzene rings is 2. The van der Waals surface area contributed by atoms with Gasteiger partial charge >= 0.3 is 0 Å². The highest BCUT2D eigenvalue weighted by atomic mass is 35.5. The molecular weight excluding hydrogens is 399 g/mol. The van der Waals surface area contributed by atoms with E-state index in [1.165, 1.54) is 4.90 Å². The zero-order valence-electron chi connectivity index (χ0n) is 15.5. The Balaban J connectivity index is 2.13. The summed E-state index contributed by atoms with van der Waals surface area (Å²) in [4.78, 5) is 29.0. The van der Waals surface area contributed by atoms with Gasteiger partial charge in [-0.1, -0.05) is 35.3 Å². The SMILES string of the molecule is CN(C)CCN1C(=O)C(=O)C(=C(O)c2ccc(Cl)cc2)[C@@H]1c1ccc(Cl)cc1. The van der Waals surface area contributed by atoms with Gasteiger partial charge in [0.2, 0.25) is 0 Å². The molecule has 1 atom stereocenters. The number of hydrogen-bond donors (Lipinski definition) is 1. The normalized spacial score (nSPS) is 18.9. The number of aliphatic hydroxyl groups is 1. The van der Waals surface area contributed by atoms with Gasteiger partial charge in [0.25, 0.3) is 11.7 Å². The molecule has 1 saturated heterocycles. The minimum atomic E-state index is -0.703. The number of likely N-dealkylation sites (tertiary alicyclic amines) is 1. The summed E-state index contributed by atoms with van der Waals surface area (Å²) in [5.74, 6) is -1.55. The molecule has 3 rings (SSSR count). The molecule has 2 aromatic rings. The maximum atomic E-state index is 12.8. The largest absolute Gasteiger partial charge is 0.507 e. The molecule has 0 aromatic heterocycles. The average molecular weight is 419 g/mol. The molecule has 1 amide bonds. The van der Waals surface area contributed by atoms with Crippen molar-refractivity contribution in [2.24, 2.45) is 0 Å². The second kappa shape index (κ2) is 8.35. The number of likely N-dealkylation sites (N-methyl/N-ethyl adjacent to an activating group) is 1. The molecule has 0 aliphatic carbocycles. The molecule has 1 aliphatic rings. The molecule has 0 bridgehead atoms. The number of amides is 1. The van der Waals surface area contributed by atoms with Crippen molar-refractivity contribution in [2.75, 3.05) is 27.2 Å². The average Bonchev–Trinajstić information content (AvgIpc) is 2.91. The van der Waals surface area contributed by atoms with Crippen LogP contribution >= 0.6 is 23.2 Å². The van der Waals surface area contributed by atoms with Gasteiger partial charge in [0.15, 0.2) is 0 Å². The van der Waals surface area contributed by atoms with Crippen molar-refractivity contribution in [3.8, 4) is 0 Å². The second-order valence-corrected chi connectivity index (χ2v) is 7.73. The molecule has 146 valence electrons. The Morgan fingerprint density at radius 2 is 1.54 bits per heavy atom. The first-order chi connectivity index (χ1) is 13.3. The van der Waals surface area contributed by atoms with Crippen molar-refractivity contribution in [2.45, 2.75) is 6.04 Å². The maximum absolute atomic E-state index is 12.8. The lowest BCUT2D eigenvalue weighted by Gasteiger charge is -2.26. The number of ketones is 1. The molecule has 1 N–H and O–H groups in total. The van der Waals surface area contributed by atoms with Crippen LogP contribution in [0.1, 0.15) is 17.2 Å². The van der Waals surface area contributed by atoms with Crippen molar-refractivity contribution in [3.05, 3.63) is 75.3 Å². The quantitative estimate of drug-likeness (QED) is 0.453. The summed E-state index contributed by atoms with van der Waals surface area (Å²) in [6, 6.07) is 12.7. The zero-order chi connectivity index (χ0) is 20.4. The van der Waals surface area contributed by atoms with Crippen LogP contribution in [0.15, 0.2) is 54.1 Å². The van der Waals surface area contributed by atoms with E-state index in [0.717, 1.165) is 0 Å². The van der Waals surface area contributed by atoms with Crippen LogP contribution in [0, 0.1) is 0 Å². The molecule has 0 radical (unpaired) electrons. The lowest BCUT2D eigenvalue weighted by atomic mass is 9.95. The Bertz CT molecular complexity index is 922. The Labute approximate surface area is 173 Å². The number of rotatable bonds is 5. The monoisotopic (exact) mass is 418 g/mol. The summed E-state index contributed by atoms with van der Waals surface area (Å²) in [6.45, 7) is 0.931. The lowest BCUT2D eigenvalue weighted by Crippen LogP contribution is -2.35. The van der Waals surface area contributed by atoms with Crippen LogP contribution < -0.4 is 0 Å². The Morgan fingerprint density at radius 1 is 1.00 bits per heavy atom. The van der Waals surface area contributed by atoms with Crippen LogP contribution in [-0.4, -0.2) is 53.8 Å². The summed E-state index contributed by atoms with van der Waals surface area (Å²) in [6.07, 6.45) is 0. The van der Waals surface area contributed by atoms with Gasteiger partial charge in [0, 0.05) is 28.7 Å². The van der Waals surface area contributed by atoms with E-state index < -0.39 is 17.7 Å². The Morgan fingerprint density at radius 3 is 2.07 bits per heavy atom. The zero-order valence-corrected chi connectivity index (χ0v) is 17.0. The first-order valence-electron chi connectivity index (χ1n) is 8.74. The molecule has 1 heterocycles. The summed E-state index contributed by atoms with van der Waals surface area (Å²) >= 11 is 11.9. The molecule has 5 nitrogen and oxygen atoms in total. The molecule has 0 unspecified atom stereocenters. The van der Waals surface area contributed by atoms with Crippen LogP contribution in [0.5, 0.6) is 0 Å². The minimum absolute atomic E-state index is 0.0633. The molecule has 0 saturated carbocycles. The Hall–Kier alpha value is -2.34. The fourth-order valence-corrected chi connectivity index (χ4v) is 3.43. The predicted molar refractivity (Wildman–Crippen MR) is 110 cm³/mol. The number of carbonyl (C=O) groups excluding carboxylic acids is 2. The number of hydrogen-bond acceptors (Lipinski definition) is 4. The summed E-state index contributed by atoms with van der Waals surface area (Å²) in [5, 5.41) is 11.9. The number of halogens is 2. The van der Waals surface area contributed by atoms with Gasteiger partial charge in [-0.05, 0) is 56.1 Å². The molecule has 1 aliphatic heterocycles. The van der Waals surface area contributed by atoms with Gasteiger partial charge in [0.05, 0.1) is 11.6 Å². The van der Waals surface area contributed by atoms with Gasteiger partial charge in [-0.15, -0.1) is 0 Å². The topological polar surface area (TPSA) is 60.9 Å². The van der Waals surface area contributed by atoms with E-state index in [4.69, 9.17) is 23.2 Å². The van der Waals surface area contributed by atoms with Crippen molar-refractivity contribution >= 4 is 40.7 Å². The molecule has 28 heavy (non-hydrogen) atoms. The van der Waals surface area contributed by atoms with Gasteiger partial charge in [0.1, 0.15) is 5.76 Å². The summed E-state index contributed by atoms with van der Waals surface area (Å²) in [5.41, 5.74) is 1.19. The van der Waals surface area contributed by atoms with E-state index in [0.29, 0.717) is 34.3 Å². The maximum Gasteiger partial charge on any atom is 0.295 e. The van der Waals surface area contributed by atoms with Gasteiger partial charge in [-0.3, -0.25) is 9.59 Å². The van der Waals surface area contributed by atoms with Crippen LogP contribution in [0.25, 0.3) is 5.76 Å².